The molecule has 1 aromatic carbocycles. The first-order valence-electron chi connectivity index (χ1n) is 13.3. The molecule has 14 heteroatoms. The second-order valence-corrected chi connectivity index (χ2v) is 11.6. The molecular weight excluding hydrogens is 586 g/mol. The van der Waals surface area contributed by atoms with Gasteiger partial charge in [-0.3, -0.25) is 4.98 Å². The van der Waals surface area contributed by atoms with Gasteiger partial charge in [-0.1, -0.05) is 25.1 Å². The predicted molar refractivity (Wildman–Crippen MR) is 152 cm³/mol. The van der Waals surface area contributed by atoms with Gasteiger partial charge in [0.05, 0.1) is 34.6 Å². The van der Waals surface area contributed by atoms with Crippen LogP contribution in [-0.4, -0.2) is 43.6 Å². The van der Waals surface area contributed by atoms with E-state index >= 15 is 0 Å². The van der Waals surface area contributed by atoms with E-state index in [4.69, 9.17) is 11.6 Å². The average molecular weight is 612 g/mol. The first kappa shape index (κ1) is 30.0. The van der Waals surface area contributed by atoms with Gasteiger partial charge in [0.2, 0.25) is 5.95 Å². The van der Waals surface area contributed by atoms with Crippen molar-refractivity contribution in [1.29, 1.82) is 10.5 Å². The zero-order chi connectivity index (χ0) is 31.2. The van der Waals surface area contributed by atoms with E-state index in [1.807, 2.05) is 13.8 Å². The lowest BCUT2D eigenvalue weighted by Gasteiger charge is -2.24. The van der Waals surface area contributed by atoms with E-state index in [1.165, 1.54) is 24.5 Å². The van der Waals surface area contributed by atoms with Crippen LogP contribution in [0.15, 0.2) is 36.7 Å². The van der Waals surface area contributed by atoms with Crippen LogP contribution in [0, 0.1) is 40.9 Å². The molecule has 3 heterocycles. The number of rotatable bonds is 9. The van der Waals surface area contributed by atoms with E-state index in [2.05, 4.69) is 43.1 Å². The molecule has 1 atom stereocenters. The average Bonchev–Trinajstić information content (AvgIpc) is 3.65. The highest BCUT2D eigenvalue weighted by Crippen LogP contribution is 2.55. The Morgan fingerprint density at radius 3 is 2.47 bits per heavy atom. The lowest BCUT2D eigenvalue weighted by molar-refractivity contribution is -0.182. The Kier molecular flexibility index (Phi) is 7.65. The molecule has 1 aliphatic rings. The highest BCUT2D eigenvalue weighted by molar-refractivity contribution is 6.18. The third kappa shape index (κ3) is 5.65. The summed E-state index contributed by atoms with van der Waals surface area (Å²) in [5.74, 6) is -0.370. The number of aryl methyl sites for hydroxylation is 1. The van der Waals surface area contributed by atoms with Crippen LogP contribution in [0.25, 0.3) is 10.9 Å². The van der Waals surface area contributed by atoms with Crippen LogP contribution in [0.3, 0.4) is 0 Å². The summed E-state index contributed by atoms with van der Waals surface area (Å²) in [6.07, 6.45) is -2.13. The van der Waals surface area contributed by atoms with Gasteiger partial charge in [-0.25, -0.2) is 9.67 Å². The molecular formula is C29H26ClF4N9. The van der Waals surface area contributed by atoms with Gasteiger partial charge < -0.3 is 10.6 Å². The van der Waals surface area contributed by atoms with Crippen LogP contribution in [0.1, 0.15) is 60.8 Å². The van der Waals surface area contributed by atoms with Gasteiger partial charge >= 0.3 is 6.18 Å². The number of nitrogens with zero attached hydrogens (tertiary/aromatic N) is 7. The lowest BCUT2D eigenvalue weighted by Crippen LogP contribution is -2.35. The quantitative estimate of drug-likeness (QED) is 0.127. The second kappa shape index (κ2) is 11.0. The molecule has 1 aliphatic carbocycles. The molecule has 0 unspecified atom stereocenters. The molecule has 4 aromatic rings. The summed E-state index contributed by atoms with van der Waals surface area (Å²) in [6, 6.07) is 9.15. The molecule has 1 saturated carbocycles. The molecule has 43 heavy (non-hydrogen) atoms. The first-order chi connectivity index (χ1) is 20.3. The van der Waals surface area contributed by atoms with Crippen LogP contribution in [0.2, 0.25) is 0 Å². The number of halogens is 5. The number of hydrogen-bond donors (Lipinski definition) is 2. The molecule has 0 bridgehead atoms. The molecule has 222 valence electrons. The van der Waals surface area contributed by atoms with Crippen LogP contribution in [0.5, 0.6) is 0 Å². The van der Waals surface area contributed by atoms with Crippen LogP contribution in [0.4, 0.5) is 28.9 Å². The summed E-state index contributed by atoms with van der Waals surface area (Å²) in [6.45, 7) is 5.90. The van der Waals surface area contributed by atoms with E-state index in [-0.39, 0.29) is 40.8 Å². The lowest BCUT2D eigenvalue weighted by atomic mass is 9.95. The molecule has 3 aromatic heterocycles. The summed E-state index contributed by atoms with van der Waals surface area (Å²) >= 11 is 6.10. The van der Waals surface area contributed by atoms with Crippen molar-refractivity contribution in [3.8, 4) is 12.1 Å². The molecule has 0 aliphatic heterocycles. The van der Waals surface area contributed by atoms with Crippen molar-refractivity contribution < 1.29 is 17.6 Å². The topological polar surface area (TPSA) is 128 Å². The number of nitriles is 2. The fourth-order valence-electron chi connectivity index (χ4n) is 4.82. The Labute approximate surface area is 249 Å². The fraction of sp³-hybridized carbons (Fsp3) is 0.379. The largest absolute Gasteiger partial charge is 0.413 e. The number of anilines is 2. The van der Waals surface area contributed by atoms with Crippen molar-refractivity contribution in [2.45, 2.75) is 51.4 Å². The number of alkyl halides is 4. The standard InChI is InChI=1S/C29H26ClF4N9/c1-16-20(4-5-23(31)39-16)26(22-13-43(42-41-22)28(6-7-28)29(32,33)34)40-19-8-17(10-35)24-21(9-19)25(18(11-36)12-37-24)38-15-27(2,3)14-30/h4-5,8-9,12-13,26,40H,6-7,14-15H2,1-3H3,(H,37,38)/t26-/m0/s1. The highest BCUT2D eigenvalue weighted by Gasteiger charge is 2.66. The number of nitrogens with one attached hydrogen (secondary N) is 2. The Morgan fingerprint density at radius 2 is 1.86 bits per heavy atom. The zero-order valence-electron chi connectivity index (χ0n) is 23.4. The van der Waals surface area contributed by atoms with Gasteiger partial charge in [-0.15, -0.1) is 16.7 Å². The molecule has 2 N–H and O–H groups in total. The van der Waals surface area contributed by atoms with E-state index in [0.29, 0.717) is 40.3 Å². The monoisotopic (exact) mass is 611 g/mol. The molecule has 5 rings (SSSR count). The normalized spacial score (nSPS) is 15.0. The van der Waals surface area contributed by atoms with E-state index in [0.717, 1.165) is 10.7 Å². The minimum atomic E-state index is -4.51. The Bertz CT molecular complexity index is 1780. The molecule has 1 fully saturated rings. The van der Waals surface area contributed by atoms with Gasteiger partial charge in [-0.2, -0.15) is 28.1 Å². The molecule has 9 nitrogen and oxygen atoms in total. The van der Waals surface area contributed by atoms with Crippen molar-refractivity contribution in [2.75, 3.05) is 23.1 Å². The Hall–Kier alpha value is -4.49. The molecule has 0 amide bonds. The highest BCUT2D eigenvalue weighted by atomic mass is 35.5. The summed E-state index contributed by atoms with van der Waals surface area (Å²) in [5, 5.41) is 34.7. The Balaban J connectivity index is 1.63. The third-order valence-electron chi connectivity index (χ3n) is 7.53. The third-order valence-corrected chi connectivity index (χ3v) is 8.25. The minimum Gasteiger partial charge on any atom is -0.383 e. The van der Waals surface area contributed by atoms with Gasteiger partial charge in [0, 0.05) is 41.0 Å². The summed E-state index contributed by atoms with van der Waals surface area (Å²) in [5.41, 5.74) is 0.0318. The maximum Gasteiger partial charge on any atom is 0.413 e. The molecule has 0 radical (unpaired) electrons. The van der Waals surface area contributed by atoms with Gasteiger partial charge in [0.25, 0.3) is 0 Å². The van der Waals surface area contributed by atoms with E-state index in [1.54, 1.807) is 13.0 Å². The maximum atomic E-state index is 13.9. The predicted octanol–water partition coefficient (Wildman–Crippen LogP) is 6.34. The number of benzene rings is 1. The SMILES string of the molecule is Cc1nc(F)ccc1[C@H](Nc1cc(C#N)c2ncc(C#N)c(NCC(C)(C)CCl)c2c1)c1cn(C2(C(F)(F)F)CC2)nn1. The fourth-order valence-corrected chi connectivity index (χ4v) is 4.92. The van der Waals surface area contributed by atoms with Crippen LogP contribution < -0.4 is 10.6 Å². The summed E-state index contributed by atoms with van der Waals surface area (Å²) < 4.78 is 56.3. The molecule has 0 spiro atoms. The van der Waals surface area contributed by atoms with Gasteiger partial charge in [0.1, 0.15) is 17.8 Å². The van der Waals surface area contributed by atoms with Gasteiger partial charge in [-0.05, 0) is 43.4 Å². The summed E-state index contributed by atoms with van der Waals surface area (Å²) in [4.78, 5) is 8.23. The number of aromatic nitrogens is 5. The van der Waals surface area contributed by atoms with Crippen molar-refractivity contribution >= 4 is 33.9 Å². The zero-order valence-corrected chi connectivity index (χ0v) is 24.1. The molecule has 0 saturated heterocycles. The van der Waals surface area contributed by atoms with Crippen molar-refractivity contribution in [3.63, 3.8) is 0 Å². The first-order valence-corrected chi connectivity index (χ1v) is 13.8. The van der Waals surface area contributed by atoms with Crippen molar-refractivity contribution in [2.24, 2.45) is 5.41 Å². The van der Waals surface area contributed by atoms with Crippen molar-refractivity contribution in [3.05, 3.63) is 70.7 Å². The van der Waals surface area contributed by atoms with Gasteiger partial charge in [0.15, 0.2) is 5.54 Å². The van der Waals surface area contributed by atoms with E-state index in [9.17, 15) is 28.1 Å². The number of hydrogen-bond acceptors (Lipinski definition) is 8. The summed E-state index contributed by atoms with van der Waals surface area (Å²) in [7, 11) is 0. The van der Waals surface area contributed by atoms with E-state index < -0.39 is 23.7 Å². The Morgan fingerprint density at radius 1 is 1.14 bits per heavy atom. The smallest absolute Gasteiger partial charge is 0.383 e. The van der Waals surface area contributed by atoms with Crippen LogP contribution >= 0.6 is 11.6 Å². The van der Waals surface area contributed by atoms with Crippen LogP contribution in [-0.2, 0) is 5.54 Å². The second-order valence-electron chi connectivity index (χ2n) is 11.3. The van der Waals surface area contributed by atoms with Crippen molar-refractivity contribution in [1.82, 2.24) is 25.0 Å². The maximum absolute atomic E-state index is 13.9. The number of pyridine rings is 2. The minimum absolute atomic E-state index is 0.116. The number of fused-ring (bicyclic) bond motifs is 1.